The number of carboxylic acid groups (broad SMARTS) is 1. The van der Waals surface area contributed by atoms with Crippen molar-refractivity contribution in [2.24, 2.45) is 16.7 Å². The molecule has 0 aromatic heterocycles. The summed E-state index contributed by atoms with van der Waals surface area (Å²) in [5.74, 6) is -2.99. The molecule has 11 heteroatoms. The molecule has 284 valence electrons. The monoisotopic (exact) mass is 730 g/mol. The molecule has 2 N–H and O–H groups in total. The van der Waals surface area contributed by atoms with Crippen molar-refractivity contribution in [2.45, 2.75) is 97.1 Å². The average Bonchev–Trinajstić information content (AvgIpc) is 3.41. The highest BCUT2D eigenvalue weighted by atomic mass is 16.7. The maximum atomic E-state index is 15.0. The van der Waals surface area contributed by atoms with E-state index in [1.807, 2.05) is 66.7 Å². The Kier molecular flexibility index (Phi) is 13.5. The molecule has 1 fully saturated rings. The van der Waals surface area contributed by atoms with Gasteiger partial charge in [-0.05, 0) is 80.2 Å². The molecule has 2 aliphatic carbocycles. The number of rotatable bonds is 18. The van der Waals surface area contributed by atoms with Crippen molar-refractivity contribution in [3.05, 3.63) is 101 Å². The van der Waals surface area contributed by atoms with Crippen molar-refractivity contribution < 1.29 is 53.1 Å². The Morgan fingerprint density at radius 2 is 1.45 bits per heavy atom. The Labute approximate surface area is 310 Å². The molecule has 0 aliphatic heterocycles. The van der Waals surface area contributed by atoms with Gasteiger partial charge in [-0.3, -0.25) is 9.59 Å². The molecule has 53 heavy (non-hydrogen) atoms. The highest BCUT2D eigenvalue weighted by molar-refractivity contribution is 5.91. The maximum Gasteiger partial charge on any atom is 0.508 e. The van der Waals surface area contributed by atoms with Gasteiger partial charge in [-0.2, -0.15) is 0 Å². The van der Waals surface area contributed by atoms with Gasteiger partial charge < -0.3 is 33.9 Å². The van der Waals surface area contributed by atoms with Crippen molar-refractivity contribution in [3.8, 4) is 5.75 Å². The van der Waals surface area contributed by atoms with Crippen LogP contribution in [0, 0.1) is 16.7 Å². The first-order valence-corrected chi connectivity index (χ1v) is 18.5. The topological polar surface area (TPSA) is 155 Å². The summed E-state index contributed by atoms with van der Waals surface area (Å²) < 4.78 is 28.7. The van der Waals surface area contributed by atoms with E-state index in [0.717, 1.165) is 30.4 Å². The second-order valence-electron chi connectivity index (χ2n) is 14.0. The molecule has 1 saturated carbocycles. The fourth-order valence-corrected chi connectivity index (χ4v) is 8.20. The first kappa shape index (κ1) is 39.3. The summed E-state index contributed by atoms with van der Waals surface area (Å²) in [6.45, 7) is 3.22. The van der Waals surface area contributed by atoms with E-state index in [2.05, 4.69) is 6.92 Å². The van der Waals surface area contributed by atoms with E-state index in [1.54, 1.807) is 19.1 Å². The third-order valence-corrected chi connectivity index (χ3v) is 10.7. The minimum absolute atomic E-state index is 0.00161. The predicted octanol–water partition coefficient (Wildman–Crippen LogP) is 6.99. The zero-order valence-corrected chi connectivity index (χ0v) is 30.5. The summed E-state index contributed by atoms with van der Waals surface area (Å²) in [6.07, 6.45) is 1.18. The van der Waals surface area contributed by atoms with Crippen LogP contribution in [0.5, 0.6) is 5.75 Å². The molecule has 0 amide bonds. The summed E-state index contributed by atoms with van der Waals surface area (Å²) in [5.41, 5.74) is -0.466. The number of ether oxygens (including phenoxy) is 5. The van der Waals surface area contributed by atoms with Crippen molar-refractivity contribution in [3.63, 3.8) is 0 Å². The van der Waals surface area contributed by atoms with Crippen LogP contribution in [0.2, 0.25) is 0 Å². The Morgan fingerprint density at radius 1 is 0.792 bits per heavy atom. The molecule has 0 radical (unpaired) electrons. The standard InChI is InChI=1S/C42H50O11/c1-3-5-8-19-32(53-40(48)49-4-2)21-22-34-35(43)25-41(38(46)51-26-29-14-9-6-10-15-29)24-33-31(18-13-20-36(33)50-28-37(44)45)23-42(34,41)39(47)52-27-30-16-11-7-12-17-30/h6-7,9-18,20,32,34-35,43H,3-5,8,19,21-28H2,1-2H3,(H,44,45)/t32-,34-,35+,41?,42?/m0/s1. The van der Waals surface area contributed by atoms with Gasteiger partial charge in [0.1, 0.15) is 25.1 Å². The van der Waals surface area contributed by atoms with E-state index in [4.69, 9.17) is 23.7 Å². The van der Waals surface area contributed by atoms with E-state index in [-0.39, 0.29) is 51.3 Å². The van der Waals surface area contributed by atoms with Gasteiger partial charge in [0.15, 0.2) is 6.61 Å². The Morgan fingerprint density at radius 3 is 2.08 bits per heavy atom. The summed E-state index contributed by atoms with van der Waals surface area (Å²) in [5, 5.41) is 21.5. The molecule has 11 nitrogen and oxygen atoms in total. The summed E-state index contributed by atoms with van der Waals surface area (Å²) in [7, 11) is 0. The quantitative estimate of drug-likeness (QED) is 0.0791. The lowest BCUT2D eigenvalue weighted by atomic mass is 9.53. The minimum atomic E-state index is -1.62. The van der Waals surface area contributed by atoms with Gasteiger partial charge >= 0.3 is 24.1 Å². The number of aliphatic hydroxyl groups excluding tert-OH is 1. The second kappa shape index (κ2) is 18.2. The third kappa shape index (κ3) is 9.01. The van der Waals surface area contributed by atoms with Crippen LogP contribution in [0.4, 0.5) is 4.79 Å². The van der Waals surface area contributed by atoms with Gasteiger partial charge in [0.05, 0.1) is 23.5 Å². The number of benzene rings is 3. The zero-order chi connectivity index (χ0) is 37.8. The van der Waals surface area contributed by atoms with E-state index in [1.165, 1.54) is 0 Å². The molecule has 0 bridgehead atoms. The van der Waals surface area contributed by atoms with Crippen LogP contribution < -0.4 is 4.74 Å². The van der Waals surface area contributed by atoms with Crippen LogP contribution in [0.1, 0.15) is 81.0 Å². The molecule has 0 heterocycles. The van der Waals surface area contributed by atoms with Crippen molar-refractivity contribution in [1.82, 2.24) is 0 Å². The number of aliphatic carboxylic acids is 1. The van der Waals surface area contributed by atoms with Crippen LogP contribution in [-0.4, -0.2) is 59.7 Å². The van der Waals surface area contributed by atoms with Gasteiger partial charge in [0.2, 0.25) is 0 Å². The summed E-state index contributed by atoms with van der Waals surface area (Å²) in [6, 6.07) is 23.6. The van der Waals surface area contributed by atoms with Crippen molar-refractivity contribution >= 4 is 24.1 Å². The van der Waals surface area contributed by atoms with Gasteiger partial charge in [0.25, 0.3) is 0 Å². The van der Waals surface area contributed by atoms with E-state index in [0.29, 0.717) is 24.0 Å². The number of hydrogen-bond donors (Lipinski definition) is 2. The molecule has 5 rings (SSSR count). The zero-order valence-electron chi connectivity index (χ0n) is 30.5. The number of hydrogen-bond acceptors (Lipinski definition) is 10. The Bertz CT molecular complexity index is 1690. The van der Waals surface area contributed by atoms with Gasteiger partial charge in [0, 0.05) is 5.92 Å². The minimum Gasteiger partial charge on any atom is -0.482 e. The lowest BCUT2D eigenvalue weighted by Crippen LogP contribution is -2.58. The first-order chi connectivity index (χ1) is 25.6. The van der Waals surface area contributed by atoms with Gasteiger partial charge in [-0.25, -0.2) is 9.59 Å². The molecule has 0 saturated heterocycles. The van der Waals surface area contributed by atoms with Crippen molar-refractivity contribution in [1.29, 1.82) is 0 Å². The van der Waals surface area contributed by atoms with Crippen LogP contribution in [0.3, 0.4) is 0 Å². The Hall–Kier alpha value is -4.90. The van der Waals surface area contributed by atoms with E-state index in [9.17, 15) is 29.4 Å². The lowest BCUT2D eigenvalue weighted by molar-refractivity contribution is -0.186. The molecule has 5 atom stereocenters. The third-order valence-electron chi connectivity index (χ3n) is 10.7. The molecule has 0 spiro atoms. The van der Waals surface area contributed by atoms with E-state index < -0.39 is 59.6 Å². The summed E-state index contributed by atoms with van der Waals surface area (Å²) >= 11 is 0. The molecule has 3 aromatic carbocycles. The number of aliphatic hydroxyl groups is 1. The highest BCUT2D eigenvalue weighted by Gasteiger charge is 2.73. The number of carbonyl (C=O) groups excluding carboxylic acids is 3. The second-order valence-corrected chi connectivity index (χ2v) is 14.0. The lowest BCUT2D eigenvalue weighted by Gasteiger charge is -2.48. The number of fused-ring (bicyclic) bond motifs is 2. The maximum absolute atomic E-state index is 15.0. The smallest absolute Gasteiger partial charge is 0.482 e. The van der Waals surface area contributed by atoms with Crippen LogP contribution >= 0.6 is 0 Å². The van der Waals surface area contributed by atoms with Crippen LogP contribution in [0.25, 0.3) is 0 Å². The molecule has 2 unspecified atom stereocenters. The fourth-order valence-electron chi connectivity index (χ4n) is 8.20. The first-order valence-electron chi connectivity index (χ1n) is 18.5. The normalized spacial score (nSPS) is 22.1. The van der Waals surface area contributed by atoms with Gasteiger partial charge in [-0.15, -0.1) is 0 Å². The number of unbranched alkanes of at least 4 members (excludes halogenated alkanes) is 2. The number of carboxylic acids is 1. The summed E-state index contributed by atoms with van der Waals surface area (Å²) in [4.78, 5) is 53.8. The SMILES string of the molecule is CCCCC[C@@H](CC[C@H]1[C@H](O)CC2(C(=O)OCc3ccccc3)Cc3c(cccc3OCC(=O)O)CC12C(=O)OCc1ccccc1)OC(=O)OCC. The number of esters is 2. The van der Waals surface area contributed by atoms with Gasteiger partial charge in [-0.1, -0.05) is 92.6 Å². The molecular weight excluding hydrogens is 680 g/mol. The number of carbonyl (C=O) groups is 4. The van der Waals surface area contributed by atoms with Crippen LogP contribution in [-0.2, 0) is 59.4 Å². The van der Waals surface area contributed by atoms with E-state index >= 15 is 0 Å². The molecule has 3 aromatic rings. The van der Waals surface area contributed by atoms with Crippen molar-refractivity contribution in [2.75, 3.05) is 13.2 Å². The van der Waals surface area contributed by atoms with Crippen LogP contribution in [0.15, 0.2) is 78.9 Å². The molecular formula is C42H50O11. The Balaban J connectivity index is 1.59. The highest BCUT2D eigenvalue weighted by Crippen LogP contribution is 2.65. The largest absolute Gasteiger partial charge is 0.508 e. The molecule has 2 aliphatic rings. The fraction of sp³-hybridized carbons (Fsp3) is 0.476. The predicted molar refractivity (Wildman–Crippen MR) is 194 cm³/mol. The average molecular weight is 731 g/mol.